The largest absolute Gasteiger partial charge is 0.354 e. The SMILES string of the molecule is CN1CCN(c2cc(-c3cccc(C[C@H](NC(=O)C4CCC(CN)CC4)C(=O)Nc4ccc5[nH]c(=O)[nH]c5c4)c3)ccn2)CC1. The van der Waals surface area contributed by atoms with Gasteiger partial charge in [-0.1, -0.05) is 24.3 Å². The van der Waals surface area contributed by atoms with E-state index in [1.807, 2.05) is 24.4 Å². The molecule has 0 bridgehead atoms. The number of nitrogens with one attached hydrogen (secondary N) is 4. The molecule has 2 amide bonds. The third-order valence-corrected chi connectivity index (χ3v) is 9.24. The van der Waals surface area contributed by atoms with Crippen LogP contribution < -0.4 is 27.0 Å². The fraction of sp³-hybridized carbons (Fsp3) is 0.412. The van der Waals surface area contributed by atoms with Crippen molar-refractivity contribution >= 4 is 34.4 Å². The van der Waals surface area contributed by atoms with Gasteiger partial charge in [0.2, 0.25) is 11.8 Å². The normalized spacial score (nSPS) is 19.7. The van der Waals surface area contributed by atoms with Crippen LogP contribution in [-0.4, -0.2) is 77.5 Å². The summed E-state index contributed by atoms with van der Waals surface area (Å²) in [7, 11) is 2.14. The number of nitrogens with two attached hydrogens (primary N) is 1. The van der Waals surface area contributed by atoms with E-state index in [0.717, 1.165) is 74.4 Å². The molecule has 1 aliphatic carbocycles. The van der Waals surface area contributed by atoms with E-state index in [9.17, 15) is 14.4 Å². The Morgan fingerprint density at radius 2 is 1.71 bits per heavy atom. The number of aromatic nitrogens is 3. The molecule has 0 unspecified atom stereocenters. The highest BCUT2D eigenvalue weighted by molar-refractivity contribution is 5.98. The quantitative estimate of drug-likeness (QED) is 0.195. The molecule has 4 aromatic rings. The van der Waals surface area contributed by atoms with E-state index >= 15 is 0 Å². The number of imidazole rings is 1. The third kappa shape index (κ3) is 7.43. The summed E-state index contributed by atoms with van der Waals surface area (Å²) in [6, 6.07) is 16.6. The summed E-state index contributed by atoms with van der Waals surface area (Å²) in [6.07, 6.45) is 5.55. The van der Waals surface area contributed by atoms with E-state index in [2.05, 4.69) is 60.6 Å². The second-order valence-electron chi connectivity index (χ2n) is 12.4. The molecule has 0 radical (unpaired) electrons. The number of fused-ring (bicyclic) bond motifs is 1. The smallest absolute Gasteiger partial charge is 0.323 e. The predicted octanol–water partition coefficient (Wildman–Crippen LogP) is 3.10. The van der Waals surface area contributed by atoms with Gasteiger partial charge < -0.3 is 36.1 Å². The Kier molecular flexibility index (Phi) is 9.27. The van der Waals surface area contributed by atoms with Gasteiger partial charge in [0.15, 0.2) is 0 Å². The van der Waals surface area contributed by atoms with Gasteiger partial charge in [-0.2, -0.15) is 0 Å². The minimum absolute atomic E-state index is 0.0989. The number of anilines is 2. The van der Waals surface area contributed by atoms with Crippen molar-refractivity contribution in [3.63, 3.8) is 0 Å². The first kappa shape index (κ1) is 30.5. The highest BCUT2D eigenvalue weighted by Gasteiger charge is 2.29. The zero-order valence-corrected chi connectivity index (χ0v) is 25.7. The number of nitrogens with zero attached hydrogens (tertiary/aromatic N) is 3. The maximum Gasteiger partial charge on any atom is 0.323 e. The number of hydrogen-bond acceptors (Lipinski definition) is 7. The van der Waals surface area contributed by atoms with Gasteiger partial charge >= 0.3 is 5.69 Å². The van der Waals surface area contributed by atoms with E-state index < -0.39 is 6.04 Å². The van der Waals surface area contributed by atoms with Gasteiger partial charge in [-0.15, -0.1) is 0 Å². The molecule has 11 nitrogen and oxygen atoms in total. The number of H-pyrrole nitrogens is 2. The molecule has 3 heterocycles. The van der Waals surface area contributed by atoms with Crippen LogP contribution >= 0.6 is 0 Å². The van der Waals surface area contributed by atoms with Gasteiger partial charge in [0.25, 0.3) is 0 Å². The van der Waals surface area contributed by atoms with Crippen molar-refractivity contribution in [2.24, 2.45) is 17.6 Å². The maximum atomic E-state index is 13.7. The Bertz CT molecular complexity index is 1700. The maximum absolute atomic E-state index is 13.7. The molecular weight excluding hydrogens is 568 g/mol. The van der Waals surface area contributed by atoms with E-state index in [0.29, 0.717) is 35.6 Å². The average molecular weight is 611 g/mol. The Balaban J connectivity index is 1.21. The molecule has 1 saturated carbocycles. The monoisotopic (exact) mass is 610 g/mol. The molecule has 1 saturated heterocycles. The number of rotatable bonds is 9. The predicted molar refractivity (Wildman–Crippen MR) is 177 cm³/mol. The second kappa shape index (κ2) is 13.7. The van der Waals surface area contributed by atoms with Gasteiger partial charge in [0.05, 0.1) is 11.0 Å². The summed E-state index contributed by atoms with van der Waals surface area (Å²) >= 11 is 0. The molecule has 2 aliphatic rings. The summed E-state index contributed by atoms with van der Waals surface area (Å²) < 4.78 is 0. The second-order valence-corrected chi connectivity index (χ2v) is 12.4. The van der Waals surface area contributed by atoms with Crippen molar-refractivity contribution < 1.29 is 9.59 Å². The summed E-state index contributed by atoms with van der Waals surface area (Å²) in [5.74, 6) is 0.859. The highest BCUT2D eigenvalue weighted by Crippen LogP contribution is 2.29. The zero-order chi connectivity index (χ0) is 31.3. The van der Waals surface area contributed by atoms with Crippen LogP contribution in [0.25, 0.3) is 22.2 Å². The van der Waals surface area contributed by atoms with Crippen LogP contribution in [0.15, 0.2) is 65.6 Å². The Hall–Kier alpha value is -4.48. The van der Waals surface area contributed by atoms with E-state index in [1.165, 1.54) is 0 Å². The van der Waals surface area contributed by atoms with Crippen LogP contribution in [0, 0.1) is 11.8 Å². The third-order valence-electron chi connectivity index (χ3n) is 9.24. The molecule has 2 fully saturated rings. The lowest BCUT2D eigenvalue weighted by atomic mass is 9.81. The number of hydrogen-bond donors (Lipinski definition) is 5. The van der Waals surface area contributed by atoms with Crippen molar-refractivity contribution in [2.75, 3.05) is 50.0 Å². The minimum Gasteiger partial charge on any atom is -0.354 e. The number of amides is 2. The van der Waals surface area contributed by atoms with E-state index in [-0.39, 0.29) is 23.4 Å². The van der Waals surface area contributed by atoms with Crippen LogP contribution in [0.1, 0.15) is 31.2 Å². The molecular formula is C34H42N8O3. The van der Waals surface area contributed by atoms with Gasteiger partial charge in [-0.25, -0.2) is 9.78 Å². The topological polar surface area (TPSA) is 152 Å². The molecule has 0 spiro atoms. The Morgan fingerprint density at radius 3 is 2.49 bits per heavy atom. The lowest BCUT2D eigenvalue weighted by Crippen LogP contribution is -2.48. The molecule has 6 N–H and O–H groups in total. The summed E-state index contributed by atoms with van der Waals surface area (Å²) in [6.45, 7) is 4.51. The van der Waals surface area contributed by atoms with Gasteiger partial charge in [0.1, 0.15) is 11.9 Å². The minimum atomic E-state index is -0.792. The van der Waals surface area contributed by atoms with Crippen LogP contribution in [0.2, 0.25) is 0 Å². The van der Waals surface area contributed by atoms with Crippen LogP contribution in [-0.2, 0) is 16.0 Å². The van der Waals surface area contributed by atoms with Crippen molar-refractivity contribution in [1.29, 1.82) is 0 Å². The summed E-state index contributed by atoms with van der Waals surface area (Å²) in [4.78, 5) is 53.6. The average Bonchev–Trinajstić information content (AvgIpc) is 3.44. The highest BCUT2D eigenvalue weighted by atomic mass is 16.2. The molecule has 1 aliphatic heterocycles. The van der Waals surface area contributed by atoms with Crippen molar-refractivity contribution in [2.45, 2.75) is 38.1 Å². The molecule has 2 aromatic heterocycles. The molecule has 1 atom stereocenters. The van der Waals surface area contributed by atoms with Gasteiger partial charge in [-0.05, 0) is 92.2 Å². The van der Waals surface area contributed by atoms with Crippen LogP contribution in [0.4, 0.5) is 11.5 Å². The standard InChI is InChI=1S/C34H42N8O3/c1-41-13-15-42(16-14-41)31-19-26(11-12-36-31)25-4-2-3-23(17-25)18-30(38-32(43)24-7-5-22(21-35)6-8-24)33(44)37-27-9-10-28-29(20-27)40-34(45)39-28/h2-4,9-12,17,19-20,22,24,30H,5-8,13-16,18,21,35H2,1H3,(H,37,44)(H,38,43)(H2,39,40,45)/t22?,24?,30-/m0/s1. The summed E-state index contributed by atoms with van der Waals surface area (Å²) in [5.41, 5.74) is 10.3. The van der Waals surface area contributed by atoms with Crippen molar-refractivity contribution in [3.8, 4) is 11.1 Å². The number of aromatic amines is 2. The fourth-order valence-electron chi connectivity index (χ4n) is 6.42. The van der Waals surface area contributed by atoms with Gasteiger partial charge in [-0.3, -0.25) is 9.59 Å². The van der Waals surface area contributed by atoms with Crippen LogP contribution in [0.5, 0.6) is 0 Å². The number of carbonyl (C=O) groups excluding carboxylic acids is 2. The number of carbonyl (C=O) groups is 2. The van der Waals surface area contributed by atoms with Crippen molar-refractivity contribution in [3.05, 3.63) is 76.8 Å². The number of likely N-dealkylation sites (N-methyl/N-ethyl adjacent to an activating group) is 1. The van der Waals surface area contributed by atoms with Crippen molar-refractivity contribution in [1.82, 2.24) is 25.2 Å². The number of benzene rings is 2. The first-order chi connectivity index (χ1) is 21.8. The zero-order valence-electron chi connectivity index (χ0n) is 25.7. The first-order valence-electron chi connectivity index (χ1n) is 15.9. The molecule has 11 heteroatoms. The van der Waals surface area contributed by atoms with Crippen LogP contribution in [0.3, 0.4) is 0 Å². The lowest BCUT2D eigenvalue weighted by molar-refractivity contribution is -0.130. The van der Waals surface area contributed by atoms with E-state index in [4.69, 9.17) is 5.73 Å². The molecule has 6 rings (SSSR count). The first-order valence-corrected chi connectivity index (χ1v) is 15.9. The molecule has 236 valence electrons. The summed E-state index contributed by atoms with van der Waals surface area (Å²) in [5, 5.41) is 6.04. The molecule has 45 heavy (non-hydrogen) atoms. The number of pyridine rings is 1. The Labute approximate surface area is 262 Å². The number of piperazine rings is 1. The fourth-order valence-corrected chi connectivity index (χ4v) is 6.42. The molecule has 2 aromatic carbocycles. The Morgan fingerprint density at radius 1 is 0.956 bits per heavy atom. The van der Waals surface area contributed by atoms with E-state index in [1.54, 1.807) is 18.2 Å². The van der Waals surface area contributed by atoms with Gasteiger partial charge in [0, 0.05) is 50.4 Å². The lowest BCUT2D eigenvalue weighted by Gasteiger charge is -2.33.